The lowest BCUT2D eigenvalue weighted by molar-refractivity contribution is 0.0952. The fourth-order valence-electron chi connectivity index (χ4n) is 2.53. The van der Waals surface area contributed by atoms with E-state index in [1.807, 2.05) is 12.1 Å². The molecule has 90 valence electrons. The number of carbonyl (C=O) groups is 1. The van der Waals surface area contributed by atoms with Gasteiger partial charge in [0.1, 0.15) is 11.2 Å². The maximum atomic E-state index is 12.1. The van der Waals surface area contributed by atoms with Crippen molar-refractivity contribution in [3.05, 3.63) is 24.0 Å². The zero-order valence-corrected chi connectivity index (χ0v) is 9.60. The first-order valence-corrected chi connectivity index (χ1v) is 5.95. The Labute approximate surface area is 102 Å². The van der Waals surface area contributed by atoms with E-state index in [1.165, 1.54) is 0 Å². The van der Waals surface area contributed by atoms with E-state index >= 15 is 0 Å². The van der Waals surface area contributed by atoms with Crippen molar-refractivity contribution in [3.63, 3.8) is 0 Å². The molecule has 1 aliphatic heterocycles. The van der Waals surface area contributed by atoms with Crippen LogP contribution in [-0.4, -0.2) is 32.4 Å². The number of hydrogen-bond acceptors (Lipinski definition) is 3. The second kappa shape index (κ2) is 3.32. The summed E-state index contributed by atoms with van der Waals surface area (Å²) < 4.78 is 1.80. The molecule has 0 atom stereocenters. The number of fused-ring (bicyclic) bond motifs is 5. The first-order valence-electron chi connectivity index (χ1n) is 5.95. The lowest BCUT2D eigenvalue weighted by Gasteiger charge is -1.99. The van der Waals surface area contributed by atoms with E-state index < -0.39 is 0 Å². The third-order valence-corrected chi connectivity index (χ3v) is 3.38. The fourth-order valence-corrected chi connectivity index (χ4v) is 2.53. The van der Waals surface area contributed by atoms with Crippen LogP contribution in [0.3, 0.4) is 0 Å². The highest BCUT2D eigenvalue weighted by molar-refractivity contribution is 6.12. The van der Waals surface area contributed by atoms with Crippen LogP contribution in [0.2, 0.25) is 0 Å². The standard InChI is InChI=1S/C12H11N5O/c18-12-11-7-2-3-9-8(6-14-15-9)10(7)16-17(11)5-1-4-13-12/h2-3,6H,1,4-5H2,(H,13,18)(H,14,15). The van der Waals surface area contributed by atoms with Crippen LogP contribution in [0.5, 0.6) is 0 Å². The molecule has 3 aromatic rings. The number of rotatable bonds is 0. The van der Waals surface area contributed by atoms with Gasteiger partial charge in [0.15, 0.2) is 0 Å². The van der Waals surface area contributed by atoms with Crippen molar-refractivity contribution in [1.29, 1.82) is 0 Å². The van der Waals surface area contributed by atoms with E-state index in [9.17, 15) is 4.79 Å². The van der Waals surface area contributed by atoms with Gasteiger partial charge in [0.05, 0.1) is 11.7 Å². The number of amides is 1. The number of carbonyl (C=O) groups excluding carboxylic acids is 1. The average molecular weight is 241 g/mol. The Balaban J connectivity index is 2.14. The minimum Gasteiger partial charge on any atom is -0.351 e. The lowest BCUT2D eigenvalue weighted by atomic mass is 10.1. The number of aromatic amines is 1. The summed E-state index contributed by atoms with van der Waals surface area (Å²) in [6, 6.07) is 3.87. The molecule has 1 amide bonds. The van der Waals surface area contributed by atoms with E-state index in [4.69, 9.17) is 0 Å². The monoisotopic (exact) mass is 241 g/mol. The lowest BCUT2D eigenvalue weighted by Crippen LogP contribution is -2.23. The number of benzene rings is 1. The smallest absolute Gasteiger partial charge is 0.270 e. The first-order chi connectivity index (χ1) is 8.84. The Morgan fingerprint density at radius 1 is 1.28 bits per heavy atom. The zero-order valence-electron chi connectivity index (χ0n) is 9.60. The highest BCUT2D eigenvalue weighted by Crippen LogP contribution is 2.26. The largest absolute Gasteiger partial charge is 0.351 e. The van der Waals surface area contributed by atoms with Gasteiger partial charge in [0.2, 0.25) is 0 Å². The molecule has 1 aliphatic rings. The summed E-state index contributed by atoms with van der Waals surface area (Å²) in [5.74, 6) is -0.0437. The molecule has 0 aliphatic carbocycles. The van der Waals surface area contributed by atoms with Crippen LogP contribution in [0.1, 0.15) is 16.9 Å². The minimum absolute atomic E-state index is 0.0437. The van der Waals surface area contributed by atoms with E-state index in [2.05, 4.69) is 20.6 Å². The Kier molecular flexibility index (Phi) is 1.78. The summed E-state index contributed by atoms with van der Waals surface area (Å²) in [4.78, 5) is 12.1. The molecule has 0 unspecified atom stereocenters. The van der Waals surface area contributed by atoms with Gasteiger partial charge in [-0.15, -0.1) is 0 Å². The number of nitrogens with one attached hydrogen (secondary N) is 2. The number of H-pyrrole nitrogens is 1. The van der Waals surface area contributed by atoms with Gasteiger partial charge in [-0.1, -0.05) is 0 Å². The van der Waals surface area contributed by atoms with Crippen LogP contribution in [0, 0.1) is 0 Å². The van der Waals surface area contributed by atoms with Crippen LogP contribution in [-0.2, 0) is 6.54 Å². The topological polar surface area (TPSA) is 75.6 Å². The second-order valence-corrected chi connectivity index (χ2v) is 4.47. The molecule has 2 N–H and O–H groups in total. The van der Waals surface area contributed by atoms with Gasteiger partial charge in [0.25, 0.3) is 5.91 Å². The van der Waals surface area contributed by atoms with Crippen LogP contribution in [0.25, 0.3) is 21.8 Å². The summed E-state index contributed by atoms with van der Waals surface area (Å²) in [5, 5.41) is 16.2. The minimum atomic E-state index is -0.0437. The summed E-state index contributed by atoms with van der Waals surface area (Å²) in [6.45, 7) is 1.47. The Morgan fingerprint density at radius 2 is 2.22 bits per heavy atom. The molecular weight excluding hydrogens is 230 g/mol. The van der Waals surface area contributed by atoms with Gasteiger partial charge in [-0.3, -0.25) is 14.6 Å². The maximum Gasteiger partial charge on any atom is 0.270 e. The molecule has 0 fully saturated rings. The highest BCUT2D eigenvalue weighted by Gasteiger charge is 2.21. The predicted molar refractivity (Wildman–Crippen MR) is 66.3 cm³/mol. The summed E-state index contributed by atoms with van der Waals surface area (Å²) in [7, 11) is 0. The van der Waals surface area contributed by atoms with Crippen molar-refractivity contribution in [2.45, 2.75) is 13.0 Å². The molecule has 3 heterocycles. The van der Waals surface area contributed by atoms with Crippen LogP contribution in [0.4, 0.5) is 0 Å². The Morgan fingerprint density at radius 3 is 3.17 bits per heavy atom. The van der Waals surface area contributed by atoms with E-state index in [-0.39, 0.29) is 5.91 Å². The first kappa shape index (κ1) is 9.64. The third-order valence-electron chi connectivity index (χ3n) is 3.38. The van der Waals surface area contributed by atoms with E-state index in [0.717, 1.165) is 34.8 Å². The van der Waals surface area contributed by atoms with Gasteiger partial charge in [-0.05, 0) is 18.6 Å². The number of aromatic nitrogens is 4. The molecular formula is C12H11N5O. The SMILES string of the molecule is O=C1NCCCn2nc3c(ccc4[nH]ncc43)c21. The van der Waals surface area contributed by atoms with Crippen molar-refractivity contribution in [2.24, 2.45) is 0 Å². The van der Waals surface area contributed by atoms with Crippen LogP contribution < -0.4 is 5.32 Å². The van der Waals surface area contributed by atoms with Crippen molar-refractivity contribution in [1.82, 2.24) is 25.3 Å². The maximum absolute atomic E-state index is 12.1. The highest BCUT2D eigenvalue weighted by atomic mass is 16.2. The van der Waals surface area contributed by atoms with E-state index in [1.54, 1.807) is 10.9 Å². The van der Waals surface area contributed by atoms with Gasteiger partial charge < -0.3 is 5.32 Å². The van der Waals surface area contributed by atoms with Gasteiger partial charge >= 0.3 is 0 Å². The molecule has 6 nitrogen and oxygen atoms in total. The van der Waals surface area contributed by atoms with Crippen molar-refractivity contribution >= 4 is 27.7 Å². The number of hydrogen-bond donors (Lipinski definition) is 2. The summed E-state index contributed by atoms with van der Waals surface area (Å²) in [5.41, 5.74) is 2.44. The third kappa shape index (κ3) is 1.14. The summed E-state index contributed by atoms with van der Waals surface area (Å²) in [6.07, 6.45) is 2.66. The fraction of sp³-hybridized carbons (Fsp3) is 0.250. The molecule has 0 bridgehead atoms. The molecule has 0 spiro atoms. The predicted octanol–water partition coefficient (Wildman–Crippen LogP) is 1.05. The van der Waals surface area contributed by atoms with Crippen LogP contribution >= 0.6 is 0 Å². The number of aryl methyl sites for hydroxylation is 1. The Bertz CT molecular complexity index is 769. The molecule has 1 aromatic carbocycles. The molecule has 4 rings (SSSR count). The molecule has 0 saturated carbocycles. The average Bonchev–Trinajstić information content (AvgIpc) is 2.93. The van der Waals surface area contributed by atoms with Crippen molar-refractivity contribution in [3.8, 4) is 0 Å². The zero-order chi connectivity index (χ0) is 12.1. The molecule has 0 radical (unpaired) electrons. The molecule has 0 saturated heterocycles. The van der Waals surface area contributed by atoms with Gasteiger partial charge in [-0.2, -0.15) is 10.2 Å². The molecule has 6 heteroatoms. The van der Waals surface area contributed by atoms with Crippen molar-refractivity contribution in [2.75, 3.05) is 6.54 Å². The quantitative estimate of drug-likeness (QED) is 0.617. The second-order valence-electron chi connectivity index (χ2n) is 4.47. The van der Waals surface area contributed by atoms with Crippen molar-refractivity contribution < 1.29 is 4.79 Å². The molecule has 2 aromatic heterocycles. The van der Waals surface area contributed by atoms with Crippen LogP contribution in [0.15, 0.2) is 18.3 Å². The molecule has 18 heavy (non-hydrogen) atoms. The van der Waals surface area contributed by atoms with E-state index in [0.29, 0.717) is 12.2 Å². The Hall–Kier alpha value is -2.37. The van der Waals surface area contributed by atoms with Gasteiger partial charge in [-0.25, -0.2) is 0 Å². The van der Waals surface area contributed by atoms with Gasteiger partial charge in [0, 0.05) is 23.9 Å². The normalized spacial score (nSPS) is 15.7. The number of nitrogens with zero attached hydrogens (tertiary/aromatic N) is 3. The summed E-state index contributed by atoms with van der Waals surface area (Å²) >= 11 is 0.